The van der Waals surface area contributed by atoms with Crippen LogP contribution in [0.1, 0.15) is 97.2 Å². The van der Waals surface area contributed by atoms with Gasteiger partial charge in [0.1, 0.15) is 25.8 Å². The Morgan fingerprint density at radius 2 is 1.44 bits per heavy atom. The van der Waals surface area contributed by atoms with E-state index in [1.54, 1.807) is 21.1 Å². The number of carbonyl (C=O) groups excluding carboxylic acids is 1. The normalized spacial score (nSPS) is 19.0. The largest absolute Gasteiger partial charge is 0.472 e. The number of carbonyl (C=O) groups is 1. The highest BCUT2D eigenvalue weighted by atomic mass is 31.2. The molecule has 1 unspecified atom stereocenters. The summed E-state index contributed by atoms with van der Waals surface area (Å²) >= 11 is 0. The van der Waals surface area contributed by atoms with Gasteiger partial charge in [0, 0.05) is 6.42 Å². The van der Waals surface area contributed by atoms with Crippen LogP contribution in [0.3, 0.4) is 0 Å². The van der Waals surface area contributed by atoms with Crippen molar-refractivity contribution in [2.45, 2.75) is 96.5 Å². The Hall–Kier alpha value is -0.500. The Bertz CT molecular complexity index is 705. The fourth-order valence-corrected chi connectivity index (χ4v) is 3.41. The first kappa shape index (κ1) is 23.3. The van der Waals surface area contributed by atoms with Crippen molar-refractivity contribution in [2.24, 2.45) is 0 Å². The van der Waals surface area contributed by atoms with Crippen molar-refractivity contribution in [1.82, 2.24) is 0 Å². The Morgan fingerprint density at radius 1 is 0.938 bits per heavy atom. The maximum absolute atomic E-state index is 12.1. The smallest absolute Gasteiger partial charge is 0.463 e. The Balaban J connectivity index is 4.47. The Morgan fingerprint density at radius 3 is 1.94 bits per heavy atom. The maximum Gasteiger partial charge on any atom is 0.472 e. The number of esters is 1. The fraction of sp³-hybridized carbons (Fsp3) is 0.957. The van der Waals surface area contributed by atoms with Gasteiger partial charge in [0.2, 0.25) is 0 Å². The molecule has 9 heteroatoms. The molecule has 0 aromatic heterocycles. The molecule has 2 atom stereocenters. The lowest BCUT2D eigenvalue weighted by Gasteiger charge is -2.24. The van der Waals surface area contributed by atoms with Gasteiger partial charge >= 0.3 is 13.8 Å². The molecule has 0 fully saturated rings. The fourth-order valence-electron chi connectivity index (χ4n) is 2.84. The third kappa shape index (κ3) is 22.7. The van der Waals surface area contributed by atoms with Crippen LogP contribution in [0.15, 0.2) is 0 Å². The lowest BCUT2D eigenvalue weighted by molar-refractivity contribution is -0.870. The van der Waals surface area contributed by atoms with E-state index in [0.29, 0.717) is 10.9 Å². The number of likely N-dealkylation sites (N-methyl/N-ethyl adjacent to an activating group) is 1. The van der Waals surface area contributed by atoms with Crippen molar-refractivity contribution < 1.29 is 44.5 Å². The van der Waals surface area contributed by atoms with Gasteiger partial charge in [-0.2, -0.15) is 0 Å². The first-order chi connectivity index (χ1) is 16.9. The first-order valence-electron chi connectivity index (χ1n) is 14.3. The van der Waals surface area contributed by atoms with Crippen molar-refractivity contribution >= 4 is 13.8 Å². The van der Waals surface area contributed by atoms with E-state index in [0.717, 1.165) is 25.7 Å². The van der Waals surface area contributed by atoms with Gasteiger partial charge in [0.15, 0.2) is 0 Å². The highest BCUT2D eigenvalue weighted by Crippen LogP contribution is 2.43. The molecule has 0 rings (SSSR count). The first-order valence-corrected chi connectivity index (χ1v) is 13.3. The van der Waals surface area contributed by atoms with Crippen LogP contribution in [0, 0.1) is 0 Å². The van der Waals surface area contributed by atoms with Crippen LogP contribution in [0.4, 0.5) is 0 Å². The number of quaternary nitrogens is 1. The molecule has 0 aliphatic carbocycles. The number of nitrogens with zero attached hydrogens (tertiary/aromatic N) is 1. The molecule has 0 radical (unpaired) electrons. The molecule has 0 bridgehead atoms. The van der Waals surface area contributed by atoms with E-state index in [9.17, 15) is 19.4 Å². The van der Waals surface area contributed by atoms with Crippen LogP contribution >= 0.6 is 7.82 Å². The van der Waals surface area contributed by atoms with Gasteiger partial charge in [-0.3, -0.25) is 13.8 Å². The molecule has 0 aliphatic heterocycles. The molecule has 8 nitrogen and oxygen atoms in total. The minimum Gasteiger partial charge on any atom is -0.463 e. The van der Waals surface area contributed by atoms with E-state index < -0.39 is 33.0 Å². The number of hydrogen-bond donors (Lipinski definition) is 2. The van der Waals surface area contributed by atoms with Crippen molar-refractivity contribution in [2.75, 3.05) is 47.4 Å². The molecular weight excluding hydrogens is 433 g/mol. The zero-order chi connectivity index (χ0) is 28.8. The van der Waals surface area contributed by atoms with Gasteiger partial charge in [0.25, 0.3) is 0 Å². The van der Waals surface area contributed by atoms with Crippen molar-refractivity contribution in [3.63, 3.8) is 0 Å². The summed E-state index contributed by atoms with van der Waals surface area (Å²) in [6.45, 7) is -5.17. The molecule has 0 heterocycles. The van der Waals surface area contributed by atoms with E-state index in [4.69, 9.17) is 6.85 Å². The van der Waals surface area contributed by atoms with E-state index in [-0.39, 0.29) is 19.6 Å². The van der Waals surface area contributed by atoms with E-state index >= 15 is 0 Å². The molecule has 0 saturated heterocycles. The van der Waals surface area contributed by atoms with E-state index in [2.05, 4.69) is 20.7 Å². The monoisotopic (exact) mass is 487 g/mol. The molecule has 0 saturated carbocycles. The van der Waals surface area contributed by atoms with Crippen LogP contribution < -0.4 is 0 Å². The lowest BCUT2D eigenvalue weighted by atomic mass is 10.0. The highest BCUT2D eigenvalue weighted by molar-refractivity contribution is 7.47. The summed E-state index contributed by atoms with van der Waals surface area (Å²) in [4.78, 5) is 21.9. The molecule has 192 valence electrons. The summed E-state index contributed by atoms with van der Waals surface area (Å²) in [5.74, 6) is -1.06. The Kier molecular flexibility index (Phi) is 13.7. The zero-order valence-electron chi connectivity index (χ0n) is 25.4. The minimum absolute atomic E-state index is 0.177. The third-order valence-electron chi connectivity index (χ3n) is 4.77. The maximum atomic E-state index is 12.1. The summed E-state index contributed by atoms with van der Waals surface area (Å²) < 4.78 is 64.7. The molecule has 0 spiro atoms. The summed E-state index contributed by atoms with van der Waals surface area (Å²) in [5, 5.41) is 10.2. The third-order valence-corrected chi connectivity index (χ3v) is 5.60. The second-order valence-corrected chi connectivity index (χ2v) is 10.5. The summed E-state index contributed by atoms with van der Waals surface area (Å²) in [7, 11) is 0.244. The summed E-state index contributed by atoms with van der Waals surface area (Å²) in [6.07, 6.45) is 8.96. The molecular formula is C23H49NO7P+. The average Bonchev–Trinajstić information content (AvgIpc) is 2.72. The zero-order valence-corrected chi connectivity index (χ0v) is 21.3. The van der Waals surface area contributed by atoms with Gasteiger partial charge in [-0.1, -0.05) is 77.6 Å². The number of hydrogen-bond acceptors (Lipinski definition) is 6. The second-order valence-electron chi connectivity index (χ2n) is 9.07. The van der Waals surface area contributed by atoms with Crippen LogP contribution in [0.5, 0.6) is 0 Å². The van der Waals surface area contributed by atoms with Crippen molar-refractivity contribution in [1.29, 1.82) is 0 Å². The molecule has 0 aliphatic rings. The standard InChI is InChI=1S/C23H48NO7P/c1-5-6-7-8-9-10-11-12-13-14-15-16-17-23(26)29-20-22(25)21-31-32(27,28)30-19-18-24(2,3)4/h22,25H,5-21H2,1-4H3/p+1/t22-/m1/s1/i20D2,21D2,22D. The van der Waals surface area contributed by atoms with Gasteiger partial charge < -0.3 is 19.2 Å². The predicted molar refractivity (Wildman–Crippen MR) is 127 cm³/mol. The number of phosphoric acid groups is 1. The molecule has 0 aromatic rings. The Labute approximate surface area is 202 Å². The van der Waals surface area contributed by atoms with Crippen LogP contribution in [0.25, 0.3) is 0 Å². The van der Waals surface area contributed by atoms with E-state index in [1.165, 1.54) is 44.9 Å². The number of ether oxygens (including phenoxy) is 1. The number of rotatable bonds is 22. The minimum atomic E-state index is -5.12. The topological polar surface area (TPSA) is 102 Å². The van der Waals surface area contributed by atoms with Gasteiger partial charge in [0.05, 0.1) is 34.6 Å². The SMILES string of the molecule is [2H]C([2H])(OC(=O)CCCCCCCCCCCCCC)[C@@]([2H])(O)C([2H])([2H])OP(=O)(O)OCC[N+](C)(C)C. The molecule has 0 aromatic carbocycles. The van der Waals surface area contributed by atoms with Gasteiger partial charge in [-0.05, 0) is 6.42 Å². The number of unbranched alkanes of at least 4 members (excludes halogenated alkanes) is 11. The highest BCUT2D eigenvalue weighted by Gasteiger charge is 2.24. The van der Waals surface area contributed by atoms with Crippen LogP contribution in [-0.4, -0.2) is 73.9 Å². The number of phosphoric ester groups is 1. The molecule has 32 heavy (non-hydrogen) atoms. The summed E-state index contributed by atoms with van der Waals surface area (Å²) in [6, 6.07) is 0. The number of aliphatic hydroxyl groups is 1. The second kappa shape index (κ2) is 18.9. The van der Waals surface area contributed by atoms with E-state index in [1.807, 2.05) is 0 Å². The summed E-state index contributed by atoms with van der Waals surface area (Å²) in [5.41, 5.74) is 0. The van der Waals surface area contributed by atoms with Crippen LogP contribution in [-0.2, 0) is 23.1 Å². The van der Waals surface area contributed by atoms with Crippen molar-refractivity contribution in [3.8, 4) is 0 Å². The lowest BCUT2D eigenvalue weighted by Crippen LogP contribution is -2.37. The van der Waals surface area contributed by atoms with Gasteiger partial charge in [-0.15, -0.1) is 0 Å². The molecule has 0 amide bonds. The van der Waals surface area contributed by atoms with Crippen LogP contribution in [0.2, 0.25) is 0 Å². The predicted octanol–water partition coefficient (Wildman–Crippen LogP) is 4.82. The quantitative estimate of drug-likeness (QED) is 0.0976. The van der Waals surface area contributed by atoms with Crippen molar-refractivity contribution in [3.05, 3.63) is 0 Å². The molecule has 2 N–H and O–H groups in total. The average molecular weight is 488 g/mol. The van der Waals surface area contributed by atoms with Gasteiger partial charge in [-0.25, -0.2) is 4.57 Å².